The molecule has 100 valence electrons. The Morgan fingerprint density at radius 3 is 2.44 bits per heavy atom. The highest BCUT2D eigenvalue weighted by molar-refractivity contribution is 6.30. The maximum atomic E-state index is 13.8. The van der Waals surface area contributed by atoms with Crippen molar-refractivity contribution in [3.63, 3.8) is 0 Å². The van der Waals surface area contributed by atoms with Gasteiger partial charge in [-0.1, -0.05) is 31.5 Å². The van der Waals surface area contributed by atoms with Crippen LogP contribution < -0.4 is 5.32 Å². The number of carbonyl (C=O) groups is 1. The summed E-state index contributed by atoms with van der Waals surface area (Å²) in [6.45, 7) is 5.09. The molecule has 0 saturated carbocycles. The maximum Gasteiger partial charge on any atom is 0.249 e. The fourth-order valence-electron chi connectivity index (χ4n) is 1.63. The van der Waals surface area contributed by atoms with Gasteiger partial charge in [-0.25, -0.2) is 4.39 Å². The minimum atomic E-state index is -1.12. The molecule has 2 atom stereocenters. The number of nitrogens with one attached hydrogen (secondary N) is 1. The predicted octanol–water partition coefficient (Wildman–Crippen LogP) is 2.67. The molecule has 0 spiro atoms. The third-order valence-electron chi connectivity index (χ3n) is 2.64. The van der Waals surface area contributed by atoms with Gasteiger partial charge in [-0.2, -0.15) is 0 Å². The van der Waals surface area contributed by atoms with Gasteiger partial charge in [0.1, 0.15) is 11.9 Å². The quantitative estimate of drug-likeness (QED) is 0.886. The van der Waals surface area contributed by atoms with E-state index in [2.05, 4.69) is 5.32 Å². The fraction of sp³-hybridized carbons (Fsp3) is 0.462. The van der Waals surface area contributed by atoms with Crippen LogP contribution in [0.2, 0.25) is 5.02 Å². The molecule has 0 saturated heterocycles. The topological polar surface area (TPSA) is 49.3 Å². The molecule has 5 heteroatoms. The summed E-state index contributed by atoms with van der Waals surface area (Å²) in [5, 5.41) is 12.1. The molecule has 1 aromatic carbocycles. The van der Waals surface area contributed by atoms with E-state index in [0.29, 0.717) is 10.6 Å². The third-order valence-corrected chi connectivity index (χ3v) is 2.88. The number of carbonyl (C=O) groups excluding carboxylic acids is 1. The Morgan fingerprint density at radius 2 is 2.00 bits per heavy atom. The molecule has 1 amide bonds. The second-order valence-corrected chi connectivity index (χ2v) is 5.01. The maximum absolute atomic E-state index is 13.8. The van der Waals surface area contributed by atoms with E-state index in [0.717, 1.165) is 0 Å². The monoisotopic (exact) mass is 273 g/mol. The zero-order valence-electron chi connectivity index (χ0n) is 10.6. The summed E-state index contributed by atoms with van der Waals surface area (Å²) in [4.78, 5) is 11.5. The van der Waals surface area contributed by atoms with E-state index in [-0.39, 0.29) is 5.92 Å². The standard InChI is InChI=1S/C13H17ClFNO2/c1-7(2)12(16-13(18)8(3)17)10-5-4-9(14)6-11(10)15/h4-8,12,17H,1-3H3,(H,16,18)/t8-,12-/m1/s1. The van der Waals surface area contributed by atoms with Crippen LogP contribution in [0.3, 0.4) is 0 Å². The van der Waals surface area contributed by atoms with E-state index in [1.807, 2.05) is 13.8 Å². The number of rotatable bonds is 4. The molecule has 0 radical (unpaired) electrons. The minimum Gasteiger partial charge on any atom is -0.384 e. The lowest BCUT2D eigenvalue weighted by Gasteiger charge is -2.24. The van der Waals surface area contributed by atoms with Crippen LogP contribution in [0.15, 0.2) is 18.2 Å². The van der Waals surface area contributed by atoms with Crippen LogP contribution in [0.4, 0.5) is 4.39 Å². The summed E-state index contributed by atoms with van der Waals surface area (Å²) in [6.07, 6.45) is -1.12. The smallest absolute Gasteiger partial charge is 0.249 e. The van der Waals surface area contributed by atoms with Crippen LogP contribution in [0.1, 0.15) is 32.4 Å². The molecule has 0 aliphatic heterocycles. The molecule has 0 aliphatic carbocycles. The van der Waals surface area contributed by atoms with E-state index in [9.17, 15) is 14.3 Å². The first-order valence-electron chi connectivity index (χ1n) is 5.76. The minimum absolute atomic E-state index is 0.0108. The van der Waals surface area contributed by atoms with Crippen molar-refractivity contribution >= 4 is 17.5 Å². The number of hydrogen-bond acceptors (Lipinski definition) is 2. The van der Waals surface area contributed by atoms with Crippen molar-refractivity contribution in [2.24, 2.45) is 5.92 Å². The van der Waals surface area contributed by atoms with Gasteiger partial charge in [0.15, 0.2) is 0 Å². The lowest BCUT2D eigenvalue weighted by Crippen LogP contribution is -2.38. The van der Waals surface area contributed by atoms with E-state index < -0.39 is 23.9 Å². The summed E-state index contributed by atoms with van der Waals surface area (Å²) in [7, 11) is 0. The molecule has 0 heterocycles. The van der Waals surface area contributed by atoms with Crippen molar-refractivity contribution in [3.8, 4) is 0 Å². The summed E-state index contributed by atoms with van der Waals surface area (Å²) in [5.41, 5.74) is 0.364. The van der Waals surface area contributed by atoms with Gasteiger partial charge in [-0.15, -0.1) is 0 Å². The number of hydrogen-bond donors (Lipinski definition) is 2. The molecule has 0 aliphatic rings. The van der Waals surface area contributed by atoms with Gasteiger partial charge < -0.3 is 10.4 Å². The van der Waals surface area contributed by atoms with Crippen molar-refractivity contribution in [3.05, 3.63) is 34.6 Å². The van der Waals surface area contributed by atoms with Crippen LogP contribution in [0.5, 0.6) is 0 Å². The largest absolute Gasteiger partial charge is 0.384 e. The molecule has 0 aromatic heterocycles. The Kier molecular flexibility index (Phi) is 5.11. The molecule has 0 fully saturated rings. The van der Waals surface area contributed by atoms with Crippen molar-refractivity contribution in [1.29, 1.82) is 0 Å². The molecule has 1 aromatic rings. The number of amides is 1. The summed E-state index contributed by atoms with van der Waals surface area (Å²) < 4.78 is 13.8. The summed E-state index contributed by atoms with van der Waals surface area (Å²) in [6, 6.07) is 3.83. The Labute approximate surface area is 111 Å². The Hall–Kier alpha value is -1.13. The van der Waals surface area contributed by atoms with Gasteiger partial charge in [0.2, 0.25) is 5.91 Å². The first kappa shape index (κ1) is 14.9. The van der Waals surface area contributed by atoms with Crippen LogP contribution in [-0.4, -0.2) is 17.1 Å². The molecule has 1 rings (SSSR count). The van der Waals surface area contributed by atoms with Crippen molar-refractivity contribution in [2.45, 2.75) is 32.9 Å². The van der Waals surface area contributed by atoms with E-state index in [4.69, 9.17) is 11.6 Å². The normalized spacial score (nSPS) is 14.4. The molecule has 3 nitrogen and oxygen atoms in total. The lowest BCUT2D eigenvalue weighted by atomic mass is 9.95. The number of benzene rings is 1. The highest BCUT2D eigenvalue weighted by Crippen LogP contribution is 2.26. The van der Waals surface area contributed by atoms with E-state index >= 15 is 0 Å². The highest BCUT2D eigenvalue weighted by atomic mass is 35.5. The zero-order valence-corrected chi connectivity index (χ0v) is 11.3. The Balaban J connectivity index is 3.01. The predicted molar refractivity (Wildman–Crippen MR) is 68.8 cm³/mol. The molecule has 0 unspecified atom stereocenters. The van der Waals surface area contributed by atoms with Gasteiger partial charge in [-0.3, -0.25) is 4.79 Å². The number of aliphatic hydroxyl groups excluding tert-OH is 1. The number of aliphatic hydroxyl groups is 1. The average Bonchev–Trinajstić information content (AvgIpc) is 2.26. The van der Waals surface area contributed by atoms with Gasteiger partial charge in [0.05, 0.1) is 6.04 Å². The lowest BCUT2D eigenvalue weighted by molar-refractivity contribution is -0.129. The molecule has 0 bridgehead atoms. The summed E-state index contributed by atoms with van der Waals surface area (Å²) >= 11 is 5.69. The van der Waals surface area contributed by atoms with E-state index in [1.54, 1.807) is 12.1 Å². The summed E-state index contributed by atoms with van der Waals surface area (Å²) in [5.74, 6) is -1.00. The van der Waals surface area contributed by atoms with Gasteiger partial charge >= 0.3 is 0 Å². The second-order valence-electron chi connectivity index (χ2n) is 4.57. The second kappa shape index (κ2) is 6.16. The molecular formula is C13H17ClFNO2. The first-order valence-corrected chi connectivity index (χ1v) is 6.14. The average molecular weight is 274 g/mol. The third kappa shape index (κ3) is 3.68. The fourth-order valence-corrected chi connectivity index (χ4v) is 1.79. The van der Waals surface area contributed by atoms with Crippen molar-refractivity contribution in [2.75, 3.05) is 0 Å². The van der Waals surface area contributed by atoms with Crippen LogP contribution >= 0.6 is 11.6 Å². The van der Waals surface area contributed by atoms with Crippen LogP contribution in [-0.2, 0) is 4.79 Å². The van der Waals surface area contributed by atoms with Gasteiger partial charge in [0.25, 0.3) is 0 Å². The molecule has 18 heavy (non-hydrogen) atoms. The SMILES string of the molecule is CC(C)[C@@H](NC(=O)[C@@H](C)O)c1ccc(Cl)cc1F. The Morgan fingerprint density at radius 1 is 1.39 bits per heavy atom. The van der Waals surface area contributed by atoms with E-state index in [1.165, 1.54) is 13.0 Å². The highest BCUT2D eigenvalue weighted by Gasteiger charge is 2.23. The van der Waals surface area contributed by atoms with Crippen molar-refractivity contribution < 1.29 is 14.3 Å². The zero-order chi connectivity index (χ0) is 13.9. The first-order chi connectivity index (χ1) is 8.32. The van der Waals surface area contributed by atoms with Crippen LogP contribution in [0.25, 0.3) is 0 Å². The van der Waals surface area contributed by atoms with Crippen molar-refractivity contribution in [1.82, 2.24) is 5.32 Å². The number of halogens is 2. The molecular weight excluding hydrogens is 257 g/mol. The molecule has 2 N–H and O–H groups in total. The van der Waals surface area contributed by atoms with Crippen LogP contribution in [0, 0.1) is 11.7 Å². The Bertz CT molecular complexity index is 435. The van der Waals surface area contributed by atoms with Gasteiger partial charge in [0, 0.05) is 10.6 Å². The van der Waals surface area contributed by atoms with Gasteiger partial charge in [-0.05, 0) is 25.0 Å².